The van der Waals surface area contributed by atoms with Crippen molar-refractivity contribution in [2.75, 3.05) is 13.7 Å². The van der Waals surface area contributed by atoms with Crippen molar-refractivity contribution in [2.24, 2.45) is 0 Å². The molecule has 0 aromatic carbocycles. The summed E-state index contributed by atoms with van der Waals surface area (Å²) in [5.41, 5.74) is -0.425. The van der Waals surface area contributed by atoms with Crippen LogP contribution in [0.5, 0.6) is 0 Å². The van der Waals surface area contributed by atoms with E-state index in [4.69, 9.17) is 9.84 Å². The number of carboxylic acid groups (broad SMARTS) is 1. The number of nitrogens with one attached hydrogen (secondary N) is 1. The van der Waals surface area contributed by atoms with E-state index in [2.05, 4.69) is 21.2 Å². The van der Waals surface area contributed by atoms with Crippen LogP contribution in [-0.4, -0.2) is 36.2 Å². The lowest BCUT2D eigenvalue weighted by atomic mass is 9.98. The molecule has 7 heteroatoms. The highest BCUT2D eigenvalue weighted by Gasteiger charge is 2.30. The third-order valence-electron chi connectivity index (χ3n) is 2.25. The first kappa shape index (κ1) is 15.1. The van der Waals surface area contributed by atoms with Gasteiger partial charge in [0, 0.05) is 12.5 Å². The molecule has 1 atom stereocenters. The maximum atomic E-state index is 12.0. The van der Waals surface area contributed by atoms with Crippen LogP contribution in [0, 0.1) is 0 Å². The molecule has 1 rings (SSSR count). The summed E-state index contributed by atoms with van der Waals surface area (Å²) in [6.07, 6.45) is -0.197. The van der Waals surface area contributed by atoms with Gasteiger partial charge in [-0.15, -0.1) is 11.3 Å². The highest BCUT2D eigenvalue weighted by atomic mass is 79.9. The minimum atomic E-state index is -0.985. The number of rotatable bonds is 6. The van der Waals surface area contributed by atoms with Crippen LogP contribution in [0.3, 0.4) is 0 Å². The zero-order valence-corrected chi connectivity index (χ0v) is 12.4. The monoisotopic (exact) mass is 335 g/mol. The second-order valence-electron chi connectivity index (χ2n) is 4.16. The number of thiophene rings is 1. The zero-order valence-electron chi connectivity index (χ0n) is 10.0. The van der Waals surface area contributed by atoms with E-state index >= 15 is 0 Å². The number of ether oxygens (including phenoxy) is 1. The van der Waals surface area contributed by atoms with E-state index < -0.39 is 11.5 Å². The highest BCUT2D eigenvalue weighted by molar-refractivity contribution is 9.11. The molecule has 0 saturated heterocycles. The van der Waals surface area contributed by atoms with E-state index in [9.17, 15) is 9.59 Å². The van der Waals surface area contributed by atoms with Crippen molar-refractivity contribution >= 4 is 39.1 Å². The van der Waals surface area contributed by atoms with Gasteiger partial charge in [-0.3, -0.25) is 9.59 Å². The standard InChI is InChI=1S/C11H14BrNO4S/c1-11(6-17-2,4-9(14)15)13-10(16)7-3-8(12)18-5-7/h3,5H,4,6H2,1-2H3,(H,13,16)(H,14,15). The van der Waals surface area contributed by atoms with Crippen LogP contribution in [0.1, 0.15) is 23.7 Å². The molecule has 0 saturated carbocycles. The summed E-state index contributed by atoms with van der Waals surface area (Å²) in [5.74, 6) is -1.29. The minimum absolute atomic E-state index is 0.135. The predicted molar refractivity (Wildman–Crippen MR) is 72.0 cm³/mol. The van der Waals surface area contributed by atoms with Gasteiger partial charge in [0.15, 0.2) is 0 Å². The van der Waals surface area contributed by atoms with Gasteiger partial charge in [-0.2, -0.15) is 0 Å². The Bertz CT molecular complexity index is 448. The smallest absolute Gasteiger partial charge is 0.305 e. The molecule has 0 spiro atoms. The molecular weight excluding hydrogens is 322 g/mol. The molecule has 0 aliphatic heterocycles. The average Bonchev–Trinajstić information content (AvgIpc) is 2.63. The predicted octanol–water partition coefficient (Wildman–Crippen LogP) is 2.12. The Labute approximate surface area is 117 Å². The number of methoxy groups -OCH3 is 1. The number of carbonyl (C=O) groups excluding carboxylic acids is 1. The minimum Gasteiger partial charge on any atom is -0.481 e. The summed E-state index contributed by atoms with van der Waals surface area (Å²) >= 11 is 4.67. The molecule has 1 aromatic heterocycles. The maximum absolute atomic E-state index is 12.0. The molecule has 1 heterocycles. The summed E-state index contributed by atoms with van der Waals surface area (Å²) in [6.45, 7) is 1.78. The third kappa shape index (κ3) is 4.40. The number of hydrogen-bond donors (Lipinski definition) is 2. The van der Waals surface area contributed by atoms with Gasteiger partial charge in [-0.1, -0.05) is 0 Å². The summed E-state index contributed by atoms with van der Waals surface area (Å²) in [5, 5.41) is 13.2. The molecule has 18 heavy (non-hydrogen) atoms. The number of amides is 1. The van der Waals surface area contributed by atoms with Gasteiger partial charge in [0.25, 0.3) is 5.91 Å². The van der Waals surface area contributed by atoms with Gasteiger partial charge < -0.3 is 15.2 Å². The normalized spacial score (nSPS) is 13.9. The number of halogens is 1. The van der Waals surface area contributed by atoms with Crippen molar-refractivity contribution in [1.29, 1.82) is 0 Å². The first-order chi connectivity index (χ1) is 8.36. The van der Waals surface area contributed by atoms with Crippen LogP contribution >= 0.6 is 27.3 Å². The SMILES string of the molecule is COCC(C)(CC(=O)O)NC(=O)c1csc(Br)c1. The Morgan fingerprint density at radius 2 is 2.28 bits per heavy atom. The maximum Gasteiger partial charge on any atom is 0.305 e. The second kappa shape index (κ2) is 6.31. The summed E-state index contributed by atoms with van der Waals surface area (Å²) in [6, 6.07) is 1.69. The Kier molecular flexibility index (Phi) is 5.30. The number of carboxylic acids is 1. The Hall–Kier alpha value is -0.920. The molecule has 2 N–H and O–H groups in total. The van der Waals surface area contributed by atoms with E-state index in [-0.39, 0.29) is 18.9 Å². The van der Waals surface area contributed by atoms with Crippen LogP contribution in [0.4, 0.5) is 0 Å². The first-order valence-corrected chi connectivity index (χ1v) is 6.81. The van der Waals surface area contributed by atoms with E-state index in [1.807, 2.05) is 0 Å². The summed E-state index contributed by atoms with van der Waals surface area (Å²) in [4.78, 5) is 22.8. The lowest BCUT2D eigenvalue weighted by Gasteiger charge is -2.28. The van der Waals surface area contributed by atoms with E-state index in [0.29, 0.717) is 5.56 Å². The molecule has 0 aliphatic carbocycles. The second-order valence-corrected chi connectivity index (χ2v) is 6.45. The van der Waals surface area contributed by atoms with Gasteiger partial charge >= 0.3 is 5.97 Å². The van der Waals surface area contributed by atoms with Crippen molar-refractivity contribution in [3.63, 3.8) is 0 Å². The van der Waals surface area contributed by atoms with Crippen LogP contribution in [0.2, 0.25) is 0 Å². The molecule has 0 radical (unpaired) electrons. The quantitative estimate of drug-likeness (QED) is 0.834. The van der Waals surface area contributed by atoms with E-state index in [0.717, 1.165) is 3.79 Å². The molecule has 1 unspecified atom stereocenters. The lowest BCUT2D eigenvalue weighted by Crippen LogP contribution is -2.50. The van der Waals surface area contributed by atoms with Crippen molar-refractivity contribution in [2.45, 2.75) is 18.9 Å². The van der Waals surface area contributed by atoms with E-state index in [1.54, 1.807) is 18.4 Å². The molecule has 1 amide bonds. The van der Waals surface area contributed by atoms with Crippen molar-refractivity contribution in [3.8, 4) is 0 Å². The number of aliphatic carboxylic acids is 1. The van der Waals surface area contributed by atoms with Gasteiger partial charge in [0.1, 0.15) is 0 Å². The van der Waals surface area contributed by atoms with Crippen molar-refractivity contribution in [3.05, 3.63) is 20.8 Å². The molecule has 1 aromatic rings. The Morgan fingerprint density at radius 3 is 2.72 bits per heavy atom. The van der Waals surface area contributed by atoms with Crippen LogP contribution < -0.4 is 5.32 Å². The molecule has 0 aliphatic rings. The summed E-state index contributed by atoms with van der Waals surface area (Å²) in [7, 11) is 1.47. The first-order valence-electron chi connectivity index (χ1n) is 5.13. The Balaban J connectivity index is 2.77. The zero-order chi connectivity index (χ0) is 13.8. The highest BCUT2D eigenvalue weighted by Crippen LogP contribution is 2.21. The number of carbonyl (C=O) groups is 2. The molecule has 0 bridgehead atoms. The van der Waals surface area contributed by atoms with Crippen LogP contribution in [-0.2, 0) is 9.53 Å². The third-order valence-corrected chi connectivity index (χ3v) is 3.75. The van der Waals surface area contributed by atoms with Gasteiger partial charge in [-0.05, 0) is 28.9 Å². The van der Waals surface area contributed by atoms with Crippen LogP contribution in [0.25, 0.3) is 0 Å². The van der Waals surface area contributed by atoms with Crippen molar-refractivity contribution < 1.29 is 19.4 Å². The van der Waals surface area contributed by atoms with Crippen LogP contribution in [0.15, 0.2) is 15.2 Å². The van der Waals surface area contributed by atoms with Crippen molar-refractivity contribution in [1.82, 2.24) is 5.32 Å². The fourth-order valence-corrected chi connectivity index (χ4v) is 2.70. The summed E-state index contributed by atoms with van der Waals surface area (Å²) < 4.78 is 5.81. The molecule has 100 valence electrons. The van der Waals surface area contributed by atoms with Gasteiger partial charge in [-0.25, -0.2) is 0 Å². The van der Waals surface area contributed by atoms with E-state index in [1.165, 1.54) is 18.4 Å². The Morgan fingerprint density at radius 1 is 1.61 bits per heavy atom. The van der Waals surface area contributed by atoms with Gasteiger partial charge in [0.05, 0.1) is 27.9 Å². The molecular formula is C11H14BrNO4S. The molecule has 5 nitrogen and oxygen atoms in total. The largest absolute Gasteiger partial charge is 0.481 e. The van der Waals surface area contributed by atoms with Gasteiger partial charge in [0.2, 0.25) is 0 Å². The molecule has 0 fully saturated rings. The fourth-order valence-electron chi connectivity index (χ4n) is 1.56. The fraction of sp³-hybridized carbons (Fsp3) is 0.455. The average molecular weight is 336 g/mol. The number of hydrogen-bond acceptors (Lipinski definition) is 4. The topological polar surface area (TPSA) is 75.6 Å². The lowest BCUT2D eigenvalue weighted by molar-refractivity contribution is -0.139.